The lowest BCUT2D eigenvalue weighted by atomic mass is 10.1. The minimum atomic E-state index is -3.31. The van der Waals surface area contributed by atoms with Crippen molar-refractivity contribution in [3.8, 4) is 0 Å². The summed E-state index contributed by atoms with van der Waals surface area (Å²) in [4.78, 5) is 0. The van der Waals surface area contributed by atoms with Gasteiger partial charge in [-0.05, 0) is 17.2 Å². The first kappa shape index (κ1) is 10.2. The third-order valence-electron chi connectivity index (χ3n) is 1.66. The van der Waals surface area contributed by atoms with E-state index in [0.717, 1.165) is 5.56 Å². The van der Waals surface area contributed by atoms with E-state index in [0.29, 0.717) is 0 Å². The summed E-state index contributed by atoms with van der Waals surface area (Å²) in [6.45, 7) is 3.24. The SMILES string of the molecule is C=C(Cc1ccccc1)C(F)(F)Cl. The third kappa shape index (κ3) is 3.15. The lowest BCUT2D eigenvalue weighted by Crippen LogP contribution is -2.11. The number of hydrogen-bond acceptors (Lipinski definition) is 0. The zero-order valence-electron chi connectivity index (χ0n) is 6.93. The van der Waals surface area contributed by atoms with Crippen molar-refractivity contribution in [1.29, 1.82) is 0 Å². The summed E-state index contributed by atoms with van der Waals surface area (Å²) in [6, 6.07) is 8.91. The molecule has 0 aromatic heterocycles. The zero-order chi connectivity index (χ0) is 9.90. The molecule has 0 heterocycles. The van der Waals surface area contributed by atoms with Gasteiger partial charge >= 0.3 is 5.38 Å². The normalized spacial score (nSPS) is 11.3. The molecule has 0 unspecified atom stereocenters. The van der Waals surface area contributed by atoms with Crippen LogP contribution in [-0.2, 0) is 6.42 Å². The third-order valence-corrected chi connectivity index (χ3v) is 1.93. The summed E-state index contributed by atoms with van der Waals surface area (Å²) < 4.78 is 24.9. The molecule has 70 valence electrons. The number of rotatable bonds is 3. The first-order valence-corrected chi connectivity index (χ1v) is 4.17. The van der Waals surface area contributed by atoms with E-state index >= 15 is 0 Å². The van der Waals surface area contributed by atoms with Crippen LogP contribution < -0.4 is 0 Å². The quantitative estimate of drug-likeness (QED) is 0.519. The fourth-order valence-electron chi connectivity index (χ4n) is 0.942. The van der Waals surface area contributed by atoms with Crippen molar-refractivity contribution in [2.24, 2.45) is 0 Å². The van der Waals surface area contributed by atoms with Crippen LogP contribution in [0.25, 0.3) is 0 Å². The van der Waals surface area contributed by atoms with Crippen LogP contribution in [0, 0.1) is 0 Å². The maximum Gasteiger partial charge on any atom is 0.344 e. The summed E-state index contributed by atoms with van der Waals surface area (Å²) in [5.41, 5.74) is 0.508. The van der Waals surface area contributed by atoms with Crippen molar-refractivity contribution in [1.82, 2.24) is 0 Å². The standard InChI is InChI=1S/C10H9ClF2/c1-8(10(11,12)13)7-9-5-3-2-4-6-9/h2-6H,1,7H2. The first-order valence-electron chi connectivity index (χ1n) is 3.79. The molecule has 0 fully saturated rings. The Morgan fingerprint density at radius 1 is 1.31 bits per heavy atom. The molecule has 0 spiro atoms. The highest BCUT2D eigenvalue weighted by Crippen LogP contribution is 2.29. The minimum absolute atomic E-state index is 0.108. The van der Waals surface area contributed by atoms with E-state index in [1.165, 1.54) is 0 Å². The molecular weight excluding hydrogens is 194 g/mol. The second kappa shape index (κ2) is 3.88. The monoisotopic (exact) mass is 202 g/mol. The molecule has 3 heteroatoms. The molecule has 0 atom stereocenters. The van der Waals surface area contributed by atoms with Gasteiger partial charge in [-0.3, -0.25) is 0 Å². The van der Waals surface area contributed by atoms with E-state index in [-0.39, 0.29) is 12.0 Å². The Balaban J connectivity index is 2.66. The average molecular weight is 203 g/mol. The lowest BCUT2D eigenvalue weighted by molar-refractivity contribution is 0.136. The van der Waals surface area contributed by atoms with Crippen LogP contribution in [0.5, 0.6) is 0 Å². The largest absolute Gasteiger partial charge is 0.344 e. The molecule has 1 aromatic carbocycles. The van der Waals surface area contributed by atoms with Crippen LogP contribution in [0.3, 0.4) is 0 Å². The molecule has 0 aliphatic carbocycles. The van der Waals surface area contributed by atoms with Gasteiger partial charge in [0.2, 0.25) is 0 Å². The molecule has 0 aliphatic heterocycles. The highest BCUT2D eigenvalue weighted by atomic mass is 35.5. The van der Waals surface area contributed by atoms with Gasteiger partial charge in [-0.2, -0.15) is 8.78 Å². The zero-order valence-corrected chi connectivity index (χ0v) is 7.69. The average Bonchev–Trinajstić information content (AvgIpc) is 2.04. The van der Waals surface area contributed by atoms with E-state index in [1.807, 2.05) is 6.07 Å². The molecule has 0 saturated carbocycles. The van der Waals surface area contributed by atoms with Gasteiger partial charge in [0.05, 0.1) is 0 Å². The number of allylic oxidation sites excluding steroid dienone is 1. The maximum atomic E-state index is 12.5. The first-order chi connectivity index (χ1) is 6.00. The van der Waals surface area contributed by atoms with E-state index < -0.39 is 5.38 Å². The van der Waals surface area contributed by atoms with E-state index in [2.05, 4.69) is 6.58 Å². The van der Waals surface area contributed by atoms with Crippen LogP contribution in [0.1, 0.15) is 5.56 Å². The van der Waals surface area contributed by atoms with Crippen LogP contribution in [-0.4, -0.2) is 5.38 Å². The van der Waals surface area contributed by atoms with Gasteiger partial charge in [-0.15, -0.1) is 0 Å². The molecule has 0 bridgehead atoms. The summed E-state index contributed by atoms with van der Waals surface area (Å²) in [7, 11) is 0. The summed E-state index contributed by atoms with van der Waals surface area (Å²) in [5, 5.41) is -3.31. The van der Waals surface area contributed by atoms with E-state index in [4.69, 9.17) is 11.6 Å². The maximum absolute atomic E-state index is 12.5. The summed E-state index contributed by atoms with van der Waals surface area (Å²) in [6.07, 6.45) is 0.108. The van der Waals surface area contributed by atoms with Gasteiger partial charge in [0.15, 0.2) is 0 Å². The van der Waals surface area contributed by atoms with Crippen molar-refractivity contribution >= 4 is 11.6 Å². The Hall–Kier alpha value is -0.890. The number of hydrogen-bond donors (Lipinski definition) is 0. The smallest absolute Gasteiger partial charge is 0.184 e. The molecule has 0 saturated heterocycles. The molecule has 0 amide bonds. The van der Waals surface area contributed by atoms with Crippen LogP contribution in [0.15, 0.2) is 42.5 Å². The molecule has 13 heavy (non-hydrogen) atoms. The van der Waals surface area contributed by atoms with Crippen molar-refractivity contribution in [3.63, 3.8) is 0 Å². The Morgan fingerprint density at radius 3 is 2.31 bits per heavy atom. The Morgan fingerprint density at radius 2 is 1.85 bits per heavy atom. The Kier molecular flexibility index (Phi) is 3.04. The summed E-state index contributed by atoms with van der Waals surface area (Å²) in [5.74, 6) is 0. The Bertz CT molecular complexity index is 288. The lowest BCUT2D eigenvalue weighted by Gasteiger charge is -2.10. The van der Waals surface area contributed by atoms with Crippen molar-refractivity contribution in [3.05, 3.63) is 48.0 Å². The molecule has 0 radical (unpaired) electrons. The number of benzene rings is 1. The van der Waals surface area contributed by atoms with Crippen LogP contribution in [0.4, 0.5) is 8.78 Å². The molecule has 0 nitrogen and oxygen atoms in total. The molecule has 1 aromatic rings. The van der Waals surface area contributed by atoms with Crippen LogP contribution in [0.2, 0.25) is 0 Å². The van der Waals surface area contributed by atoms with Gasteiger partial charge in [0.1, 0.15) is 0 Å². The van der Waals surface area contributed by atoms with Gasteiger partial charge in [0, 0.05) is 12.0 Å². The Labute approximate surface area is 80.8 Å². The molecule has 0 N–H and O–H groups in total. The second-order valence-electron chi connectivity index (χ2n) is 2.76. The topological polar surface area (TPSA) is 0 Å². The van der Waals surface area contributed by atoms with Crippen molar-refractivity contribution < 1.29 is 8.78 Å². The fraction of sp³-hybridized carbons (Fsp3) is 0.200. The predicted molar refractivity (Wildman–Crippen MR) is 50.1 cm³/mol. The second-order valence-corrected chi connectivity index (χ2v) is 3.24. The van der Waals surface area contributed by atoms with Crippen LogP contribution >= 0.6 is 11.6 Å². The highest BCUT2D eigenvalue weighted by molar-refractivity contribution is 6.23. The summed E-state index contributed by atoms with van der Waals surface area (Å²) >= 11 is 4.80. The predicted octanol–water partition coefficient (Wildman–Crippen LogP) is 3.62. The molecule has 0 aliphatic rings. The fourth-order valence-corrected chi connectivity index (χ4v) is 1.01. The van der Waals surface area contributed by atoms with Gasteiger partial charge in [-0.1, -0.05) is 36.9 Å². The molecular formula is C10H9ClF2. The highest BCUT2D eigenvalue weighted by Gasteiger charge is 2.28. The minimum Gasteiger partial charge on any atom is -0.184 e. The molecule has 1 rings (SSSR count). The van der Waals surface area contributed by atoms with Gasteiger partial charge in [-0.25, -0.2) is 0 Å². The van der Waals surface area contributed by atoms with Gasteiger partial charge in [0.25, 0.3) is 0 Å². The van der Waals surface area contributed by atoms with Crippen molar-refractivity contribution in [2.75, 3.05) is 0 Å². The van der Waals surface area contributed by atoms with E-state index in [1.54, 1.807) is 24.3 Å². The van der Waals surface area contributed by atoms with Gasteiger partial charge < -0.3 is 0 Å². The van der Waals surface area contributed by atoms with Crippen molar-refractivity contribution in [2.45, 2.75) is 11.8 Å². The number of halogens is 3. The van der Waals surface area contributed by atoms with E-state index in [9.17, 15) is 8.78 Å². The number of alkyl halides is 3.